The number of hydrogen-bond donors (Lipinski definition) is 2. The van der Waals surface area contributed by atoms with Crippen LogP contribution in [-0.4, -0.2) is 67.3 Å². The van der Waals surface area contributed by atoms with Crippen LogP contribution in [0, 0.1) is 0 Å². The molecule has 6 heteroatoms. The molecule has 1 saturated heterocycles. The Hall–Kier alpha value is -0.300. The number of ether oxygens (including phenoxy) is 2. The maximum absolute atomic E-state index is 11.4. The van der Waals surface area contributed by atoms with Gasteiger partial charge < -0.3 is 19.5 Å². The molecular weight excluding hydrogens is 242 g/mol. The largest absolute Gasteiger partial charge is 0.394 e. The Morgan fingerprint density at radius 3 is 2.59 bits per heavy atom. The number of carbonyl (C=O) groups is 1. The minimum atomic E-state index is 0.0436. The maximum Gasteiger partial charge on any atom is 0.223 e. The van der Waals surface area contributed by atoms with E-state index in [1.54, 1.807) is 0 Å². The molecule has 100 valence electrons. The number of aliphatic hydroxyl groups excluding tert-OH is 1. The molecule has 1 amide bonds. The third-order valence-corrected chi connectivity index (χ3v) is 2.86. The first-order chi connectivity index (χ1) is 8.24. The monoisotopic (exact) mass is 263 g/mol. The first-order valence-electron chi connectivity index (χ1n) is 5.96. The van der Waals surface area contributed by atoms with E-state index in [0.717, 1.165) is 19.5 Å². The summed E-state index contributed by atoms with van der Waals surface area (Å²) in [5, 5.41) is 8.66. The highest BCUT2D eigenvalue weighted by Crippen LogP contribution is 2.15. The highest BCUT2D eigenvalue weighted by atomic mass is 32.1. The number of thiol groups is 1. The van der Waals surface area contributed by atoms with E-state index in [2.05, 4.69) is 12.6 Å². The Balaban J connectivity index is 1.89. The second-order valence-electron chi connectivity index (χ2n) is 4.00. The predicted octanol–water partition coefficient (Wildman–Crippen LogP) is -0.0673. The van der Waals surface area contributed by atoms with Crippen LogP contribution >= 0.6 is 12.6 Å². The molecule has 0 radical (unpaired) electrons. The van der Waals surface area contributed by atoms with E-state index in [9.17, 15) is 4.79 Å². The molecule has 1 N–H and O–H groups in total. The highest BCUT2D eigenvalue weighted by Gasteiger charge is 2.26. The zero-order chi connectivity index (χ0) is 12.5. The van der Waals surface area contributed by atoms with Crippen molar-refractivity contribution >= 4 is 18.5 Å². The van der Waals surface area contributed by atoms with Crippen LogP contribution in [0.3, 0.4) is 0 Å². The number of rotatable bonds is 9. The minimum Gasteiger partial charge on any atom is -0.394 e. The van der Waals surface area contributed by atoms with Crippen molar-refractivity contribution in [3.05, 3.63) is 0 Å². The number of hydrogen-bond acceptors (Lipinski definition) is 5. The topological polar surface area (TPSA) is 59.0 Å². The fraction of sp³-hybridized carbons (Fsp3) is 0.909. The smallest absolute Gasteiger partial charge is 0.223 e. The van der Waals surface area contributed by atoms with E-state index in [1.807, 2.05) is 4.90 Å². The summed E-state index contributed by atoms with van der Waals surface area (Å²) in [5.74, 6) is 0.191. The molecule has 1 atom stereocenters. The fourth-order valence-corrected chi connectivity index (χ4v) is 2.06. The quantitative estimate of drug-likeness (QED) is 0.452. The van der Waals surface area contributed by atoms with Gasteiger partial charge in [-0.1, -0.05) is 0 Å². The van der Waals surface area contributed by atoms with E-state index < -0.39 is 0 Å². The SMILES string of the molecule is O=C1CC(S)CN1CCCOCCOCCO. The van der Waals surface area contributed by atoms with Gasteiger partial charge in [0, 0.05) is 31.4 Å². The first kappa shape index (κ1) is 14.8. The van der Waals surface area contributed by atoms with Gasteiger partial charge in [-0.3, -0.25) is 4.79 Å². The standard InChI is InChI=1S/C11H21NO4S/c13-3-5-16-7-6-15-4-1-2-12-9-10(17)8-11(12)14/h10,13,17H,1-9H2. The predicted molar refractivity (Wildman–Crippen MR) is 67.3 cm³/mol. The highest BCUT2D eigenvalue weighted by molar-refractivity contribution is 7.81. The number of likely N-dealkylation sites (tertiary alicyclic amines) is 1. The molecule has 1 fully saturated rings. The summed E-state index contributed by atoms with van der Waals surface area (Å²) in [4.78, 5) is 13.3. The second-order valence-corrected chi connectivity index (χ2v) is 4.73. The van der Waals surface area contributed by atoms with Gasteiger partial charge in [-0.2, -0.15) is 12.6 Å². The lowest BCUT2D eigenvalue weighted by Gasteiger charge is -2.15. The molecule has 1 aliphatic rings. The van der Waals surface area contributed by atoms with Crippen LogP contribution in [0.25, 0.3) is 0 Å². The molecule has 5 nitrogen and oxygen atoms in total. The van der Waals surface area contributed by atoms with Gasteiger partial charge in [0.15, 0.2) is 0 Å². The minimum absolute atomic E-state index is 0.0436. The van der Waals surface area contributed by atoms with Crippen molar-refractivity contribution in [2.45, 2.75) is 18.1 Å². The van der Waals surface area contributed by atoms with Crippen molar-refractivity contribution in [2.75, 3.05) is 46.1 Å². The second kappa shape index (κ2) is 8.74. The van der Waals surface area contributed by atoms with E-state index in [-0.39, 0.29) is 17.8 Å². The Labute approximate surface area is 107 Å². The molecule has 1 aliphatic heterocycles. The van der Waals surface area contributed by atoms with Gasteiger partial charge in [0.25, 0.3) is 0 Å². The normalized spacial score (nSPS) is 20.2. The van der Waals surface area contributed by atoms with E-state index in [0.29, 0.717) is 32.8 Å². The van der Waals surface area contributed by atoms with Crippen molar-refractivity contribution in [3.8, 4) is 0 Å². The van der Waals surface area contributed by atoms with Gasteiger partial charge in [-0.15, -0.1) is 0 Å². The summed E-state index contributed by atoms with van der Waals surface area (Å²) in [6.07, 6.45) is 1.39. The van der Waals surface area contributed by atoms with Gasteiger partial charge in [0.1, 0.15) is 0 Å². The molecule has 0 aromatic carbocycles. The molecule has 1 unspecified atom stereocenters. The van der Waals surface area contributed by atoms with Gasteiger partial charge in [-0.05, 0) is 6.42 Å². The van der Waals surface area contributed by atoms with Crippen LogP contribution in [0.4, 0.5) is 0 Å². The van der Waals surface area contributed by atoms with Gasteiger partial charge in [0.05, 0.1) is 26.4 Å². The summed E-state index contributed by atoms with van der Waals surface area (Å²) in [6.45, 7) is 3.56. The molecular formula is C11H21NO4S. The van der Waals surface area contributed by atoms with Crippen LogP contribution in [0.1, 0.15) is 12.8 Å². The van der Waals surface area contributed by atoms with Crippen molar-refractivity contribution in [2.24, 2.45) is 0 Å². The van der Waals surface area contributed by atoms with Gasteiger partial charge >= 0.3 is 0 Å². The lowest BCUT2D eigenvalue weighted by Crippen LogP contribution is -2.27. The first-order valence-corrected chi connectivity index (χ1v) is 6.48. The van der Waals surface area contributed by atoms with Crippen LogP contribution in [-0.2, 0) is 14.3 Å². The van der Waals surface area contributed by atoms with Crippen LogP contribution < -0.4 is 0 Å². The molecule has 0 aromatic rings. The summed E-state index contributed by atoms with van der Waals surface area (Å²) in [7, 11) is 0. The number of carbonyl (C=O) groups excluding carboxylic acids is 1. The summed E-state index contributed by atoms with van der Waals surface area (Å²) < 4.78 is 10.4. The molecule has 0 spiro atoms. The zero-order valence-electron chi connectivity index (χ0n) is 10.0. The number of amides is 1. The number of nitrogens with zero attached hydrogens (tertiary/aromatic N) is 1. The zero-order valence-corrected chi connectivity index (χ0v) is 10.9. The van der Waals surface area contributed by atoms with Gasteiger partial charge in [0.2, 0.25) is 5.91 Å². The molecule has 1 rings (SSSR count). The molecule has 0 saturated carbocycles. The lowest BCUT2D eigenvalue weighted by molar-refractivity contribution is -0.127. The van der Waals surface area contributed by atoms with E-state index in [1.165, 1.54) is 0 Å². The average Bonchev–Trinajstić information content (AvgIpc) is 2.61. The summed E-state index contributed by atoms with van der Waals surface area (Å²) in [6, 6.07) is 0. The lowest BCUT2D eigenvalue weighted by atomic mass is 10.4. The Kier molecular flexibility index (Phi) is 7.59. The Morgan fingerprint density at radius 1 is 1.29 bits per heavy atom. The van der Waals surface area contributed by atoms with Gasteiger partial charge in [-0.25, -0.2) is 0 Å². The Bertz CT molecular complexity index is 228. The molecule has 17 heavy (non-hydrogen) atoms. The van der Waals surface area contributed by atoms with E-state index in [4.69, 9.17) is 14.6 Å². The summed E-state index contributed by atoms with van der Waals surface area (Å²) in [5.41, 5.74) is 0. The summed E-state index contributed by atoms with van der Waals surface area (Å²) >= 11 is 4.29. The third kappa shape index (κ3) is 6.26. The molecule has 1 heterocycles. The molecule has 0 aromatic heterocycles. The van der Waals surface area contributed by atoms with E-state index >= 15 is 0 Å². The van der Waals surface area contributed by atoms with Crippen LogP contribution in [0.15, 0.2) is 0 Å². The van der Waals surface area contributed by atoms with Crippen LogP contribution in [0.5, 0.6) is 0 Å². The fourth-order valence-electron chi connectivity index (χ4n) is 1.71. The maximum atomic E-state index is 11.4. The molecule has 0 bridgehead atoms. The molecule has 0 aliphatic carbocycles. The van der Waals surface area contributed by atoms with Crippen molar-refractivity contribution in [3.63, 3.8) is 0 Å². The van der Waals surface area contributed by atoms with Crippen molar-refractivity contribution < 1.29 is 19.4 Å². The average molecular weight is 263 g/mol. The van der Waals surface area contributed by atoms with Crippen molar-refractivity contribution in [1.82, 2.24) is 4.90 Å². The van der Waals surface area contributed by atoms with Crippen molar-refractivity contribution in [1.29, 1.82) is 0 Å². The van der Waals surface area contributed by atoms with Crippen LogP contribution in [0.2, 0.25) is 0 Å². The Morgan fingerprint density at radius 2 is 2.00 bits per heavy atom. The third-order valence-electron chi connectivity index (χ3n) is 2.52. The number of aliphatic hydroxyl groups is 1.